The Morgan fingerprint density at radius 1 is 1.15 bits per heavy atom. The third-order valence-corrected chi connectivity index (χ3v) is 3.64. The molecule has 1 amide bonds. The Kier molecular flexibility index (Phi) is 5.16. The van der Waals surface area contributed by atoms with Crippen LogP contribution in [0.2, 0.25) is 0 Å². The molecule has 140 valence electrons. The molecule has 0 unspecified atom stereocenters. The molecule has 0 aliphatic heterocycles. The predicted molar refractivity (Wildman–Crippen MR) is 92.5 cm³/mol. The van der Waals surface area contributed by atoms with E-state index >= 15 is 0 Å². The van der Waals surface area contributed by atoms with Crippen molar-refractivity contribution >= 4 is 11.6 Å². The minimum absolute atomic E-state index is 0.0143. The minimum atomic E-state index is -4.49. The zero-order valence-electron chi connectivity index (χ0n) is 14.2. The van der Waals surface area contributed by atoms with Crippen molar-refractivity contribution in [2.45, 2.75) is 13.1 Å². The van der Waals surface area contributed by atoms with E-state index in [-0.39, 0.29) is 11.4 Å². The van der Waals surface area contributed by atoms with E-state index < -0.39 is 17.6 Å². The first-order valence-electron chi connectivity index (χ1n) is 8.05. The second kappa shape index (κ2) is 7.53. The van der Waals surface area contributed by atoms with Crippen LogP contribution in [0.1, 0.15) is 23.0 Å². The second-order valence-electron chi connectivity index (χ2n) is 5.57. The number of rotatable bonds is 5. The highest BCUT2D eigenvalue weighted by atomic mass is 19.4. The number of halogens is 3. The third kappa shape index (κ3) is 4.46. The molecule has 0 fully saturated rings. The molecule has 3 aromatic rings. The summed E-state index contributed by atoms with van der Waals surface area (Å²) < 4.78 is 48.7. The summed E-state index contributed by atoms with van der Waals surface area (Å²) in [6.07, 6.45) is -4.49. The Morgan fingerprint density at radius 2 is 1.89 bits per heavy atom. The van der Waals surface area contributed by atoms with Crippen LogP contribution in [-0.4, -0.2) is 17.7 Å². The average molecular weight is 376 g/mol. The van der Waals surface area contributed by atoms with E-state index in [1.54, 1.807) is 24.3 Å². The Labute approximate surface area is 152 Å². The van der Waals surface area contributed by atoms with Crippen molar-refractivity contribution in [2.24, 2.45) is 0 Å². The molecule has 0 aliphatic carbocycles. The topological polar surface area (TPSA) is 64.4 Å². The molecule has 0 radical (unpaired) electrons. The van der Waals surface area contributed by atoms with Crippen LogP contribution in [0.15, 0.2) is 59.1 Å². The lowest BCUT2D eigenvalue weighted by atomic mass is 10.1. The number of amides is 1. The molecule has 8 heteroatoms. The summed E-state index contributed by atoms with van der Waals surface area (Å²) in [6.45, 7) is 2.42. The third-order valence-electron chi connectivity index (χ3n) is 3.64. The van der Waals surface area contributed by atoms with Crippen LogP contribution >= 0.6 is 0 Å². The van der Waals surface area contributed by atoms with Crippen LogP contribution in [0.3, 0.4) is 0 Å². The van der Waals surface area contributed by atoms with Crippen molar-refractivity contribution in [3.8, 4) is 17.1 Å². The van der Waals surface area contributed by atoms with Crippen molar-refractivity contribution in [3.05, 3.63) is 65.9 Å². The van der Waals surface area contributed by atoms with Gasteiger partial charge in [-0.05, 0) is 49.4 Å². The maximum atomic E-state index is 12.7. The number of nitrogens with one attached hydrogen (secondary N) is 1. The van der Waals surface area contributed by atoms with Crippen molar-refractivity contribution in [1.29, 1.82) is 0 Å². The lowest BCUT2D eigenvalue weighted by molar-refractivity contribution is -0.137. The van der Waals surface area contributed by atoms with E-state index in [2.05, 4.69) is 10.5 Å². The van der Waals surface area contributed by atoms with E-state index in [1.165, 1.54) is 18.2 Å². The van der Waals surface area contributed by atoms with Gasteiger partial charge in [-0.1, -0.05) is 11.2 Å². The van der Waals surface area contributed by atoms with Crippen LogP contribution in [0.25, 0.3) is 11.3 Å². The number of hydrogen-bond donors (Lipinski definition) is 1. The molecule has 0 bridgehead atoms. The molecule has 0 spiro atoms. The predicted octanol–water partition coefficient (Wildman–Crippen LogP) is 5.01. The van der Waals surface area contributed by atoms with Gasteiger partial charge in [0, 0.05) is 17.3 Å². The quantitative estimate of drug-likeness (QED) is 0.680. The molecule has 5 nitrogen and oxygen atoms in total. The smallest absolute Gasteiger partial charge is 0.416 e. The molecule has 0 atom stereocenters. The van der Waals surface area contributed by atoms with Gasteiger partial charge in [0.1, 0.15) is 5.75 Å². The fourth-order valence-electron chi connectivity index (χ4n) is 2.37. The van der Waals surface area contributed by atoms with Gasteiger partial charge in [-0.15, -0.1) is 0 Å². The van der Waals surface area contributed by atoms with E-state index in [4.69, 9.17) is 9.26 Å². The van der Waals surface area contributed by atoms with Crippen LogP contribution in [0, 0.1) is 0 Å². The molecule has 0 saturated heterocycles. The number of anilines is 1. The SMILES string of the molecule is CCOc1ccc(-c2cc(C(=O)Nc3cccc(C(F)(F)F)c3)no2)cc1. The van der Waals surface area contributed by atoms with Gasteiger partial charge in [-0.3, -0.25) is 4.79 Å². The Morgan fingerprint density at radius 3 is 2.56 bits per heavy atom. The zero-order valence-corrected chi connectivity index (χ0v) is 14.2. The van der Waals surface area contributed by atoms with Gasteiger partial charge in [0.25, 0.3) is 5.91 Å². The van der Waals surface area contributed by atoms with Crippen LogP contribution in [0.5, 0.6) is 5.75 Å². The number of aromatic nitrogens is 1. The van der Waals surface area contributed by atoms with Crippen molar-refractivity contribution < 1.29 is 27.2 Å². The van der Waals surface area contributed by atoms with E-state index in [0.717, 1.165) is 12.1 Å². The van der Waals surface area contributed by atoms with Gasteiger partial charge in [0.15, 0.2) is 11.5 Å². The number of ether oxygens (including phenoxy) is 1. The fraction of sp³-hybridized carbons (Fsp3) is 0.158. The van der Waals surface area contributed by atoms with Gasteiger partial charge >= 0.3 is 6.18 Å². The molecule has 1 N–H and O–H groups in total. The van der Waals surface area contributed by atoms with Gasteiger partial charge in [-0.2, -0.15) is 13.2 Å². The standard InChI is InChI=1S/C19H15F3N2O3/c1-2-26-15-8-6-12(7-9-15)17-11-16(24-27-17)18(25)23-14-5-3-4-13(10-14)19(20,21)22/h3-11H,2H2,1H3,(H,23,25). The lowest BCUT2D eigenvalue weighted by Gasteiger charge is -2.08. The number of hydrogen-bond acceptors (Lipinski definition) is 4. The molecular formula is C19H15F3N2O3. The lowest BCUT2D eigenvalue weighted by Crippen LogP contribution is -2.13. The Balaban J connectivity index is 1.73. The summed E-state index contributed by atoms with van der Waals surface area (Å²) in [4.78, 5) is 12.2. The largest absolute Gasteiger partial charge is 0.494 e. The number of carbonyl (C=O) groups excluding carboxylic acids is 1. The average Bonchev–Trinajstić information content (AvgIpc) is 3.12. The number of nitrogens with zero attached hydrogens (tertiary/aromatic N) is 1. The zero-order chi connectivity index (χ0) is 19.4. The molecule has 2 aromatic carbocycles. The summed E-state index contributed by atoms with van der Waals surface area (Å²) in [5.74, 6) is 0.380. The maximum absolute atomic E-state index is 12.7. The highest BCUT2D eigenvalue weighted by molar-refractivity contribution is 6.03. The Hall–Kier alpha value is -3.29. The highest BCUT2D eigenvalue weighted by Gasteiger charge is 2.30. The van der Waals surface area contributed by atoms with Crippen molar-refractivity contribution in [3.63, 3.8) is 0 Å². The molecule has 27 heavy (non-hydrogen) atoms. The van der Waals surface area contributed by atoms with E-state index in [0.29, 0.717) is 23.7 Å². The highest BCUT2D eigenvalue weighted by Crippen LogP contribution is 2.31. The second-order valence-corrected chi connectivity index (χ2v) is 5.57. The summed E-state index contributed by atoms with van der Waals surface area (Å²) in [7, 11) is 0. The normalized spacial score (nSPS) is 11.3. The molecule has 1 aromatic heterocycles. The van der Waals surface area contributed by atoms with Gasteiger partial charge in [0.05, 0.1) is 12.2 Å². The summed E-state index contributed by atoms with van der Waals surface area (Å²) >= 11 is 0. The molecule has 3 rings (SSSR count). The van der Waals surface area contributed by atoms with Crippen LogP contribution in [-0.2, 0) is 6.18 Å². The van der Waals surface area contributed by atoms with Gasteiger partial charge in [0.2, 0.25) is 0 Å². The fourth-order valence-corrected chi connectivity index (χ4v) is 2.37. The van der Waals surface area contributed by atoms with Crippen molar-refractivity contribution in [1.82, 2.24) is 5.16 Å². The molecule has 0 saturated carbocycles. The number of carbonyl (C=O) groups is 1. The monoisotopic (exact) mass is 376 g/mol. The van der Waals surface area contributed by atoms with Gasteiger partial charge in [-0.25, -0.2) is 0 Å². The minimum Gasteiger partial charge on any atom is -0.494 e. The van der Waals surface area contributed by atoms with Crippen LogP contribution in [0.4, 0.5) is 18.9 Å². The number of alkyl halides is 3. The summed E-state index contributed by atoms with van der Waals surface area (Å²) in [5.41, 5.74) is -0.198. The first kappa shape index (κ1) is 18.5. The van der Waals surface area contributed by atoms with E-state index in [9.17, 15) is 18.0 Å². The molecule has 0 aliphatic rings. The maximum Gasteiger partial charge on any atom is 0.416 e. The summed E-state index contributed by atoms with van der Waals surface area (Å²) in [5, 5.41) is 6.06. The first-order valence-corrected chi connectivity index (χ1v) is 8.05. The Bertz CT molecular complexity index is 934. The van der Waals surface area contributed by atoms with E-state index in [1.807, 2.05) is 6.92 Å². The number of benzene rings is 2. The first-order chi connectivity index (χ1) is 12.9. The van der Waals surface area contributed by atoms with Crippen molar-refractivity contribution in [2.75, 3.05) is 11.9 Å². The molecule has 1 heterocycles. The van der Waals surface area contributed by atoms with Gasteiger partial charge < -0.3 is 14.6 Å². The van der Waals surface area contributed by atoms with Crippen LogP contribution < -0.4 is 10.1 Å². The summed E-state index contributed by atoms with van der Waals surface area (Å²) in [6, 6.07) is 12.8. The molecular weight excluding hydrogens is 361 g/mol.